The van der Waals surface area contributed by atoms with Gasteiger partial charge in [0.05, 0.1) is 17.7 Å². The van der Waals surface area contributed by atoms with E-state index in [1.54, 1.807) is 13.0 Å². The quantitative estimate of drug-likeness (QED) is 0.927. The third kappa shape index (κ3) is 3.62. The van der Waals surface area contributed by atoms with Gasteiger partial charge in [-0.15, -0.1) is 0 Å². The monoisotopic (exact) mass is 281 g/mol. The third-order valence-corrected chi connectivity index (χ3v) is 3.47. The Balaban J connectivity index is 2.20. The first-order valence-electron chi connectivity index (χ1n) is 6.92. The molecule has 3 nitrogen and oxygen atoms in total. The molecule has 0 bridgehead atoms. The zero-order valence-corrected chi connectivity index (χ0v) is 12.6. The second-order valence-electron chi connectivity index (χ2n) is 5.26. The fraction of sp³-hybridized carbons (Fsp3) is 0.278. The fourth-order valence-corrected chi connectivity index (χ4v) is 2.19. The zero-order valence-electron chi connectivity index (χ0n) is 12.6. The van der Waals surface area contributed by atoms with Crippen molar-refractivity contribution in [3.63, 3.8) is 0 Å². The lowest BCUT2D eigenvalue weighted by atomic mass is 10.1. The summed E-state index contributed by atoms with van der Waals surface area (Å²) in [6.07, 6.45) is -0.567. The molecule has 21 heavy (non-hydrogen) atoms. The molecule has 0 aromatic heterocycles. The van der Waals surface area contributed by atoms with Crippen molar-refractivity contribution in [1.82, 2.24) is 0 Å². The summed E-state index contributed by atoms with van der Waals surface area (Å²) in [4.78, 5) is 0. The van der Waals surface area contributed by atoms with Crippen molar-refractivity contribution >= 4 is 0 Å². The molecule has 0 unspecified atom stereocenters. The molecule has 108 valence electrons. The van der Waals surface area contributed by atoms with Crippen LogP contribution in [0.15, 0.2) is 36.4 Å². The van der Waals surface area contributed by atoms with Crippen LogP contribution in [-0.2, 0) is 6.61 Å². The number of aliphatic hydroxyl groups is 1. The lowest BCUT2D eigenvalue weighted by molar-refractivity contribution is 0.190. The molecule has 0 radical (unpaired) electrons. The first kappa shape index (κ1) is 15.1. The van der Waals surface area contributed by atoms with Crippen molar-refractivity contribution in [3.8, 4) is 11.8 Å². The highest BCUT2D eigenvalue weighted by Gasteiger charge is 2.10. The smallest absolute Gasteiger partial charge is 0.125 e. The molecule has 0 amide bonds. The fourth-order valence-electron chi connectivity index (χ4n) is 2.19. The summed E-state index contributed by atoms with van der Waals surface area (Å²) in [6.45, 7) is 6.10. The maximum absolute atomic E-state index is 9.80. The maximum atomic E-state index is 9.80. The van der Waals surface area contributed by atoms with E-state index in [0.29, 0.717) is 17.9 Å². The van der Waals surface area contributed by atoms with E-state index < -0.39 is 6.10 Å². The van der Waals surface area contributed by atoms with Gasteiger partial charge in [0, 0.05) is 5.56 Å². The number of hydrogen-bond acceptors (Lipinski definition) is 3. The molecule has 0 aliphatic rings. The Bertz CT molecular complexity index is 684. The van der Waals surface area contributed by atoms with Crippen LogP contribution in [0.25, 0.3) is 0 Å². The van der Waals surface area contributed by atoms with Gasteiger partial charge in [-0.05, 0) is 55.7 Å². The molecule has 0 saturated carbocycles. The average molecular weight is 281 g/mol. The van der Waals surface area contributed by atoms with Crippen molar-refractivity contribution in [1.29, 1.82) is 5.26 Å². The highest BCUT2D eigenvalue weighted by atomic mass is 16.5. The van der Waals surface area contributed by atoms with Crippen LogP contribution in [0.2, 0.25) is 0 Å². The van der Waals surface area contributed by atoms with Crippen LogP contribution in [0.4, 0.5) is 0 Å². The number of aryl methyl sites for hydroxylation is 2. The summed E-state index contributed by atoms with van der Waals surface area (Å²) < 4.78 is 5.88. The predicted molar refractivity (Wildman–Crippen MR) is 82.0 cm³/mol. The van der Waals surface area contributed by atoms with Crippen molar-refractivity contribution in [2.24, 2.45) is 0 Å². The van der Waals surface area contributed by atoms with E-state index in [0.717, 1.165) is 22.3 Å². The van der Waals surface area contributed by atoms with Crippen LogP contribution in [0.3, 0.4) is 0 Å². The number of rotatable bonds is 4. The second-order valence-corrected chi connectivity index (χ2v) is 5.26. The largest absolute Gasteiger partial charge is 0.489 e. The molecular weight excluding hydrogens is 262 g/mol. The molecule has 0 fully saturated rings. The Kier molecular flexibility index (Phi) is 4.62. The number of ether oxygens (including phenoxy) is 1. The Labute approximate surface area is 125 Å². The van der Waals surface area contributed by atoms with Gasteiger partial charge in [0.2, 0.25) is 0 Å². The van der Waals surface area contributed by atoms with E-state index >= 15 is 0 Å². The van der Waals surface area contributed by atoms with Crippen LogP contribution in [0.5, 0.6) is 5.75 Å². The number of nitriles is 1. The van der Waals surface area contributed by atoms with Gasteiger partial charge in [-0.2, -0.15) is 5.26 Å². The van der Waals surface area contributed by atoms with Crippen molar-refractivity contribution in [2.75, 3.05) is 0 Å². The topological polar surface area (TPSA) is 53.2 Å². The van der Waals surface area contributed by atoms with Crippen LogP contribution < -0.4 is 4.74 Å². The molecule has 3 heteroatoms. The van der Waals surface area contributed by atoms with Gasteiger partial charge in [0.15, 0.2) is 0 Å². The summed E-state index contributed by atoms with van der Waals surface area (Å²) in [5.41, 5.74) is 4.58. The minimum Gasteiger partial charge on any atom is -0.489 e. The second kappa shape index (κ2) is 6.43. The SMILES string of the molecule is Cc1ccc([C@H](C)O)c(OCc2ccc(C#N)cc2C)c1. The Hall–Kier alpha value is -2.31. The molecule has 0 aliphatic heterocycles. The van der Waals surface area contributed by atoms with Gasteiger partial charge < -0.3 is 9.84 Å². The van der Waals surface area contributed by atoms with E-state index in [2.05, 4.69) is 6.07 Å². The number of hydrogen-bond donors (Lipinski definition) is 1. The Morgan fingerprint density at radius 1 is 1.19 bits per heavy atom. The van der Waals surface area contributed by atoms with Gasteiger partial charge in [-0.3, -0.25) is 0 Å². The minimum absolute atomic E-state index is 0.417. The van der Waals surface area contributed by atoms with E-state index in [9.17, 15) is 5.11 Å². The third-order valence-electron chi connectivity index (χ3n) is 3.47. The van der Waals surface area contributed by atoms with Gasteiger partial charge in [-0.1, -0.05) is 18.2 Å². The molecule has 0 saturated heterocycles. The van der Waals surface area contributed by atoms with Crippen molar-refractivity contribution in [2.45, 2.75) is 33.5 Å². The lowest BCUT2D eigenvalue weighted by Gasteiger charge is -2.15. The minimum atomic E-state index is -0.567. The predicted octanol–water partition coefficient (Wildman–Crippen LogP) is 3.81. The molecule has 2 aromatic carbocycles. The van der Waals surface area contributed by atoms with Crippen LogP contribution >= 0.6 is 0 Å². The molecule has 1 atom stereocenters. The maximum Gasteiger partial charge on any atom is 0.125 e. The standard InChI is InChI=1S/C18H19NO2/c1-12-4-7-17(14(3)20)18(8-12)21-11-16-6-5-15(10-19)9-13(16)2/h4-9,14,20H,11H2,1-3H3/t14-/m0/s1. The molecule has 2 rings (SSSR count). The molecule has 0 spiro atoms. The first-order chi connectivity index (χ1) is 10.0. The van der Waals surface area contributed by atoms with Gasteiger partial charge in [0.25, 0.3) is 0 Å². The normalized spacial score (nSPS) is 11.8. The first-order valence-corrected chi connectivity index (χ1v) is 6.92. The Morgan fingerprint density at radius 3 is 2.57 bits per heavy atom. The average Bonchev–Trinajstić information content (AvgIpc) is 2.45. The van der Waals surface area contributed by atoms with E-state index in [1.165, 1.54) is 0 Å². The van der Waals surface area contributed by atoms with Crippen molar-refractivity contribution < 1.29 is 9.84 Å². The van der Waals surface area contributed by atoms with Crippen LogP contribution in [0.1, 0.15) is 40.8 Å². The lowest BCUT2D eigenvalue weighted by Crippen LogP contribution is -2.03. The molecule has 0 heterocycles. The summed E-state index contributed by atoms with van der Waals surface area (Å²) in [7, 11) is 0. The van der Waals surface area contributed by atoms with E-state index in [1.807, 2.05) is 44.2 Å². The summed E-state index contributed by atoms with van der Waals surface area (Å²) in [5, 5.41) is 18.7. The van der Waals surface area contributed by atoms with E-state index in [-0.39, 0.29) is 0 Å². The number of aliphatic hydroxyl groups excluding tert-OH is 1. The highest BCUT2D eigenvalue weighted by Crippen LogP contribution is 2.27. The van der Waals surface area contributed by atoms with Crippen LogP contribution in [-0.4, -0.2) is 5.11 Å². The molecule has 1 N–H and O–H groups in total. The zero-order chi connectivity index (χ0) is 15.4. The molecule has 2 aromatic rings. The summed E-state index contributed by atoms with van der Waals surface area (Å²) in [5.74, 6) is 0.703. The van der Waals surface area contributed by atoms with Gasteiger partial charge in [0.1, 0.15) is 12.4 Å². The number of benzene rings is 2. The van der Waals surface area contributed by atoms with Crippen molar-refractivity contribution in [3.05, 3.63) is 64.2 Å². The Morgan fingerprint density at radius 2 is 1.95 bits per heavy atom. The summed E-state index contributed by atoms with van der Waals surface area (Å²) in [6, 6.07) is 13.5. The summed E-state index contributed by atoms with van der Waals surface area (Å²) >= 11 is 0. The molecular formula is C18H19NO2. The number of nitrogens with zero attached hydrogens (tertiary/aromatic N) is 1. The molecule has 0 aliphatic carbocycles. The van der Waals surface area contributed by atoms with E-state index in [4.69, 9.17) is 10.00 Å². The van der Waals surface area contributed by atoms with Crippen LogP contribution in [0, 0.1) is 25.2 Å². The highest BCUT2D eigenvalue weighted by molar-refractivity contribution is 5.40. The van der Waals surface area contributed by atoms with Gasteiger partial charge >= 0.3 is 0 Å². The van der Waals surface area contributed by atoms with Gasteiger partial charge in [-0.25, -0.2) is 0 Å².